The van der Waals surface area contributed by atoms with Crippen LogP contribution in [0.15, 0.2) is 30.3 Å². The van der Waals surface area contributed by atoms with Crippen molar-refractivity contribution in [2.45, 2.75) is 39.1 Å². The summed E-state index contributed by atoms with van der Waals surface area (Å²) in [5.41, 5.74) is 1.15. The molecule has 0 radical (unpaired) electrons. The van der Waals surface area contributed by atoms with E-state index in [4.69, 9.17) is 14.6 Å². The molecule has 0 spiro atoms. The molecule has 0 fully saturated rings. The van der Waals surface area contributed by atoms with Gasteiger partial charge < -0.3 is 14.6 Å². The van der Waals surface area contributed by atoms with Gasteiger partial charge in [-0.3, -0.25) is 0 Å². The lowest BCUT2D eigenvalue weighted by molar-refractivity contribution is -0.154. The minimum Gasteiger partial charge on any atom is -0.396 e. The fourth-order valence-corrected chi connectivity index (χ4v) is 1.49. The second-order valence-corrected chi connectivity index (χ2v) is 3.96. The fourth-order valence-electron chi connectivity index (χ4n) is 1.49. The molecule has 0 aliphatic rings. The van der Waals surface area contributed by atoms with Gasteiger partial charge in [-0.05, 0) is 18.4 Å². The van der Waals surface area contributed by atoms with Gasteiger partial charge in [0.1, 0.15) is 0 Å². The standard InChI is InChI=1S/C14H22O3/c1-2-7-14(16-11-6-10-15)17-12-13-8-4-3-5-9-13/h3-5,8-9,14-15H,2,6-7,10-12H2,1H3. The molecular weight excluding hydrogens is 216 g/mol. The zero-order chi connectivity index (χ0) is 12.3. The Bertz CT molecular complexity index is 274. The summed E-state index contributed by atoms with van der Waals surface area (Å²) in [7, 11) is 0. The van der Waals surface area contributed by atoms with Crippen LogP contribution in [0.3, 0.4) is 0 Å². The quantitative estimate of drug-likeness (QED) is 0.531. The van der Waals surface area contributed by atoms with E-state index in [2.05, 4.69) is 6.92 Å². The van der Waals surface area contributed by atoms with Gasteiger partial charge in [0.05, 0.1) is 13.2 Å². The van der Waals surface area contributed by atoms with E-state index in [9.17, 15) is 0 Å². The minimum atomic E-state index is -0.160. The summed E-state index contributed by atoms with van der Waals surface area (Å²) in [5.74, 6) is 0. The predicted octanol–water partition coefficient (Wildman–Crippen LogP) is 2.73. The largest absolute Gasteiger partial charge is 0.396 e. The second-order valence-electron chi connectivity index (χ2n) is 3.96. The van der Waals surface area contributed by atoms with Gasteiger partial charge in [0.15, 0.2) is 6.29 Å². The lowest BCUT2D eigenvalue weighted by Gasteiger charge is -2.17. The van der Waals surface area contributed by atoms with Crippen LogP contribution in [0.25, 0.3) is 0 Å². The van der Waals surface area contributed by atoms with Crippen molar-refractivity contribution in [3.63, 3.8) is 0 Å². The molecule has 0 saturated heterocycles. The molecule has 1 aromatic carbocycles. The molecule has 1 atom stereocenters. The maximum Gasteiger partial charge on any atom is 0.158 e. The van der Waals surface area contributed by atoms with Crippen LogP contribution < -0.4 is 0 Å². The van der Waals surface area contributed by atoms with Crippen molar-refractivity contribution in [2.75, 3.05) is 13.2 Å². The normalized spacial score (nSPS) is 12.6. The number of rotatable bonds is 9. The monoisotopic (exact) mass is 238 g/mol. The molecule has 0 amide bonds. The van der Waals surface area contributed by atoms with Crippen molar-refractivity contribution in [1.82, 2.24) is 0 Å². The maximum absolute atomic E-state index is 8.70. The van der Waals surface area contributed by atoms with Gasteiger partial charge in [-0.25, -0.2) is 0 Å². The molecule has 17 heavy (non-hydrogen) atoms. The van der Waals surface area contributed by atoms with E-state index in [0.29, 0.717) is 19.6 Å². The molecule has 0 heterocycles. The number of hydrogen-bond donors (Lipinski definition) is 1. The zero-order valence-corrected chi connectivity index (χ0v) is 10.5. The summed E-state index contributed by atoms with van der Waals surface area (Å²) in [6.45, 7) is 3.40. The molecule has 0 aromatic heterocycles. The molecule has 1 aromatic rings. The minimum absolute atomic E-state index is 0.160. The Morgan fingerprint density at radius 3 is 2.59 bits per heavy atom. The highest BCUT2D eigenvalue weighted by atomic mass is 16.7. The van der Waals surface area contributed by atoms with E-state index >= 15 is 0 Å². The third-order valence-electron chi connectivity index (χ3n) is 2.41. The van der Waals surface area contributed by atoms with Crippen molar-refractivity contribution < 1.29 is 14.6 Å². The molecule has 0 aliphatic carbocycles. The van der Waals surface area contributed by atoms with E-state index in [1.807, 2.05) is 30.3 Å². The van der Waals surface area contributed by atoms with E-state index in [0.717, 1.165) is 18.4 Å². The van der Waals surface area contributed by atoms with Crippen LogP contribution in [0.2, 0.25) is 0 Å². The molecule has 3 nitrogen and oxygen atoms in total. The topological polar surface area (TPSA) is 38.7 Å². The Labute approximate surface area is 103 Å². The summed E-state index contributed by atoms with van der Waals surface area (Å²) in [6, 6.07) is 10.1. The van der Waals surface area contributed by atoms with Crippen molar-refractivity contribution in [3.05, 3.63) is 35.9 Å². The molecule has 0 saturated carbocycles. The highest BCUT2D eigenvalue weighted by molar-refractivity contribution is 5.13. The lowest BCUT2D eigenvalue weighted by Crippen LogP contribution is -2.18. The third kappa shape index (κ3) is 6.41. The first-order valence-electron chi connectivity index (χ1n) is 6.24. The number of aliphatic hydroxyl groups excluding tert-OH is 1. The Balaban J connectivity index is 2.28. The van der Waals surface area contributed by atoms with Gasteiger partial charge in [0.25, 0.3) is 0 Å². The summed E-state index contributed by atoms with van der Waals surface area (Å²) in [6.07, 6.45) is 2.41. The third-order valence-corrected chi connectivity index (χ3v) is 2.41. The Morgan fingerprint density at radius 2 is 1.94 bits per heavy atom. The predicted molar refractivity (Wildman–Crippen MR) is 67.6 cm³/mol. The number of aliphatic hydroxyl groups is 1. The SMILES string of the molecule is CCCC(OCCCO)OCc1ccccc1. The van der Waals surface area contributed by atoms with Crippen molar-refractivity contribution in [2.24, 2.45) is 0 Å². The van der Waals surface area contributed by atoms with Gasteiger partial charge in [0.2, 0.25) is 0 Å². The molecule has 0 bridgehead atoms. The van der Waals surface area contributed by atoms with Crippen LogP contribution in [0.5, 0.6) is 0 Å². The molecular formula is C14H22O3. The van der Waals surface area contributed by atoms with Gasteiger partial charge in [0, 0.05) is 6.61 Å². The molecule has 96 valence electrons. The summed E-state index contributed by atoms with van der Waals surface area (Å²) in [4.78, 5) is 0. The van der Waals surface area contributed by atoms with Crippen LogP contribution >= 0.6 is 0 Å². The molecule has 1 unspecified atom stereocenters. The first kappa shape index (κ1) is 14.2. The number of benzene rings is 1. The van der Waals surface area contributed by atoms with E-state index in [1.165, 1.54) is 0 Å². The molecule has 1 rings (SSSR count). The van der Waals surface area contributed by atoms with E-state index in [-0.39, 0.29) is 12.9 Å². The Hall–Kier alpha value is -0.900. The van der Waals surface area contributed by atoms with Crippen LogP contribution in [0, 0.1) is 0 Å². The molecule has 1 N–H and O–H groups in total. The number of ether oxygens (including phenoxy) is 2. The van der Waals surface area contributed by atoms with Crippen molar-refractivity contribution >= 4 is 0 Å². The van der Waals surface area contributed by atoms with Crippen LogP contribution in [0.1, 0.15) is 31.7 Å². The molecule has 3 heteroatoms. The highest BCUT2D eigenvalue weighted by Crippen LogP contribution is 2.09. The van der Waals surface area contributed by atoms with Gasteiger partial charge in [-0.15, -0.1) is 0 Å². The van der Waals surface area contributed by atoms with E-state index in [1.54, 1.807) is 0 Å². The zero-order valence-electron chi connectivity index (χ0n) is 10.5. The maximum atomic E-state index is 8.70. The summed E-state index contributed by atoms with van der Waals surface area (Å²) in [5, 5.41) is 8.70. The smallest absolute Gasteiger partial charge is 0.158 e. The van der Waals surface area contributed by atoms with Crippen molar-refractivity contribution in [3.8, 4) is 0 Å². The Morgan fingerprint density at radius 1 is 1.18 bits per heavy atom. The average Bonchev–Trinajstić information content (AvgIpc) is 2.37. The second kappa shape index (κ2) is 9.16. The Kier molecular flexibility index (Phi) is 7.63. The van der Waals surface area contributed by atoms with Gasteiger partial charge >= 0.3 is 0 Å². The first-order valence-corrected chi connectivity index (χ1v) is 6.24. The summed E-state index contributed by atoms with van der Waals surface area (Å²) >= 11 is 0. The average molecular weight is 238 g/mol. The lowest BCUT2D eigenvalue weighted by atomic mass is 10.2. The van der Waals surface area contributed by atoms with Crippen LogP contribution in [0.4, 0.5) is 0 Å². The molecule has 0 aliphatic heterocycles. The number of hydrogen-bond acceptors (Lipinski definition) is 3. The van der Waals surface area contributed by atoms with Gasteiger partial charge in [-0.2, -0.15) is 0 Å². The van der Waals surface area contributed by atoms with Crippen molar-refractivity contribution in [1.29, 1.82) is 0 Å². The van der Waals surface area contributed by atoms with Crippen LogP contribution in [-0.4, -0.2) is 24.6 Å². The highest BCUT2D eigenvalue weighted by Gasteiger charge is 2.08. The fraction of sp³-hybridized carbons (Fsp3) is 0.571. The van der Waals surface area contributed by atoms with Crippen LogP contribution in [-0.2, 0) is 16.1 Å². The van der Waals surface area contributed by atoms with Gasteiger partial charge in [-0.1, -0.05) is 43.7 Å². The first-order chi connectivity index (χ1) is 8.36. The summed E-state index contributed by atoms with van der Waals surface area (Å²) < 4.78 is 11.3. The van der Waals surface area contributed by atoms with E-state index < -0.39 is 0 Å².